The Bertz CT molecular complexity index is 429. The Morgan fingerprint density at radius 1 is 1.28 bits per heavy atom. The number of nitriles is 1. The molecule has 0 bridgehead atoms. The molecular weight excluding hydrogens is 252 g/mol. The molecule has 0 aromatic heterocycles. The molecule has 0 aromatic rings. The first-order valence-corrected chi connectivity index (χ1v) is 8.33. The summed E-state index contributed by atoms with van der Waals surface area (Å²) in [6.45, 7) is 0.0844. The number of hydrogen-bond donors (Lipinski definition) is 1. The van der Waals surface area contributed by atoms with Gasteiger partial charge in [-0.25, -0.2) is 8.42 Å². The second-order valence-corrected chi connectivity index (χ2v) is 7.25. The summed E-state index contributed by atoms with van der Waals surface area (Å²) in [6.07, 6.45) is 6.16. The largest absolute Gasteiger partial charge is 0.354 e. The Hall–Kier alpha value is -1.09. The average Bonchev–Trinajstić information content (AvgIpc) is 2.53. The van der Waals surface area contributed by atoms with Crippen LogP contribution in [0.5, 0.6) is 0 Å². The van der Waals surface area contributed by atoms with Crippen LogP contribution in [0, 0.1) is 16.7 Å². The summed E-state index contributed by atoms with van der Waals surface area (Å²) in [7, 11) is -3.08. The molecule has 1 fully saturated rings. The summed E-state index contributed by atoms with van der Waals surface area (Å²) < 4.78 is 22.0. The van der Waals surface area contributed by atoms with E-state index in [0.29, 0.717) is 12.8 Å². The fourth-order valence-corrected chi connectivity index (χ4v) is 2.71. The minimum absolute atomic E-state index is 0.0831. The number of carbonyl (C=O) groups excluding carboxylic acids is 1. The van der Waals surface area contributed by atoms with Gasteiger partial charge in [0.15, 0.2) is 0 Å². The molecule has 0 aromatic carbocycles. The maximum absolute atomic E-state index is 12.1. The highest BCUT2D eigenvalue weighted by Crippen LogP contribution is 2.34. The molecule has 0 atom stereocenters. The molecule has 0 aliphatic heterocycles. The van der Waals surface area contributed by atoms with Crippen LogP contribution in [0.25, 0.3) is 0 Å². The van der Waals surface area contributed by atoms with Gasteiger partial charge in [0.25, 0.3) is 0 Å². The van der Waals surface area contributed by atoms with Crippen LogP contribution in [0.1, 0.15) is 38.5 Å². The molecule has 5 nitrogen and oxygen atoms in total. The van der Waals surface area contributed by atoms with Crippen molar-refractivity contribution in [2.75, 3.05) is 18.6 Å². The summed E-state index contributed by atoms with van der Waals surface area (Å²) in [5.41, 5.74) is -0.950. The van der Waals surface area contributed by atoms with Crippen LogP contribution >= 0.6 is 0 Å². The molecule has 1 rings (SSSR count). The van der Waals surface area contributed by atoms with Gasteiger partial charge in [0.05, 0.1) is 11.8 Å². The molecule has 0 spiro atoms. The fraction of sp³-hybridized carbons (Fsp3) is 0.833. The van der Waals surface area contributed by atoms with Gasteiger partial charge in [0.2, 0.25) is 5.91 Å². The number of hydrogen-bond acceptors (Lipinski definition) is 4. The summed E-state index contributed by atoms with van der Waals surface area (Å²) >= 11 is 0. The summed E-state index contributed by atoms with van der Waals surface area (Å²) in [6, 6.07) is 2.14. The second kappa shape index (κ2) is 6.19. The molecule has 0 saturated heterocycles. The smallest absolute Gasteiger partial charge is 0.240 e. The van der Waals surface area contributed by atoms with Crippen LogP contribution in [-0.4, -0.2) is 32.9 Å². The van der Waals surface area contributed by atoms with Crippen molar-refractivity contribution in [1.29, 1.82) is 5.26 Å². The molecule has 1 N–H and O–H groups in total. The lowest BCUT2D eigenvalue weighted by Crippen LogP contribution is -2.41. The zero-order chi connectivity index (χ0) is 13.6. The number of nitrogens with one attached hydrogen (secondary N) is 1. The van der Waals surface area contributed by atoms with E-state index in [2.05, 4.69) is 11.4 Å². The number of rotatable bonds is 4. The van der Waals surface area contributed by atoms with E-state index < -0.39 is 15.3 Å². The Labute approximate surface area is 108 Å². The summed E-state index contributed by atoms with van der Waals surface area (Å²) in [4.78, 5) is 12.1. The molecule has 1 aliphatic rings. The standard InChI is InChI=1S/C12H20N2O3S/c1-18(16,17)9-8-14-11(15)12(10-13)6-4-2-3-5-7-12/h2-9H2,1H3,(H,14,15). The van der Waals surface area contributed by atoms with Crippen molar-refractivity contribution >= 4 is 15.7 Å². The van der Waals surface area contributed by atoms with Gasteiger partial charge in [0.1, 0.15) is 15.3 Å². The number of nitrogens with zero attached hydrogens (tertiary/aromatic N) is 1. The van der Waals surface area contributed by atoms with Crippen LogP contribution in [0.3, 0.4) is 0 Å². The highest BCUT2D eigenvalue weighted by Gasteiger charge is 2.38. The maximum Gasteiger partial charge on any atom is 0.240 e. The molecule has 102 valence electrons. The van der Waals surface area contributed by atoms with Crippen molar-refractivity contribution in [3.05, 3.63) is 0 Å². The van der Waals surface area contributed by atoms with Crippen molar-refractivity contribution in [2.24, 2.45) is 5.41 Å². The first-order valence-electron chi connectivity index (χ1n) is 6.27. The van der Waals surface area contributed by atoms with Crippen LogP contribution in [-0.2, 0) is 14.6 Å². The lowest BCUT2D eigenvalue weighted by molar-refractivity contribution is -0.128. The van der Waals surface area contributed by atoms with Crippen molar-refractivity contribution in [3.8, 4) is 6.07 Å². The van der Waals surface area contributed by atoms with E-state index in [0.717, 1.165) is 31.9 Å². The SMILES string of the molecule is CS(=O)(=O)CCNC(=O)C1(C#N)CCCCCC1. The topological polar surface area (TPSA) is 87.0 Å². The highest BCUT2D eigenvalue weighted by atomic mass is 32.2. The van der Waals surface area contributed by atoms with Crippen molar-refractivity contribution in [3.63, 3.8) is 0 Å². The Kier molecular flexibility index (Phi) is 5.15. The Balaban J connectivity index is 2.59. The maximum atomic E-state index is 12.1. The molecule has 1 aliphatic carbocycles. The number of carbonyl (C=O) groups is 1. The third kappa shape index (κ3) is 4.30. The van der Waals surface area contributed by atoms with Crippen LogP contribution in [0.4, 0.5) is 0 Å². The lowest BCUT2D eigenvalue weighted by Gasteiger charge is -2.23. The molecule has 6 heteroatoms. The minimum atomic E-state index is -3.08. The predicted octanol–water partition coefficient (Wildman–Crippen LogP) is 1.01. The fourth-order valence-electron chi connectivity index (χ4n) is 2.24. The number of amides is 1. The molecule has 1 amide bonds. The summed E-state index contributed by atoms with van der Waals surface area (Å²) in [5, 5.41) is 11.9. The molecular formula is C12H20N2O3S. The van der Waals surface area contributed by atoms with Gasteiger partial charge in [0, 0.05) is 12.8 Å². The van der Waals surface area contributed by atoms with Crippen LogP contribution in [0.2, 0.25) is 0 Å². The predicted molar refractivity (Wildman–Crippen MR) is 68.5 cm³/mol. The molecule has 1 saturated carbocycles. The van der Waals surface area contributed by atoms with E-state index in [9.17, 15) is 18.5 Å². The van der Waals surface area contributed by atoms with E-state index in [-0.39, 0.29) is 18.2 Å². The van der Waals surface area contributed by atoms with Gasteiger partial charge in [-0.05, 0) is 12.8 Å². The van der Waals surface area contributed by atoms with Gasteiger partial charge in [-0.15, -0.1) is 0 Å². The van der Waals surface area contributed by atoms with Crippen molar-refractivity contribution < 1.29 is 13.2 Å². The van der Waals surface area contributed by atoms with E-state index in [1.807, 2.05) is 0 Å². The second-order valence-electron chi connectivity index (χ2n) is 4.99. The van der Waals surface area contributed by atoms with Crippen LogP contribution < -0.4 is 5.32 Å². The van der Waals surface area contributed by atoms with E-state index in [1.54, 1.807) is 0 Å². The normalized spacial score (nSPS) is 19.6. The molecule has 0 radical (unpaired) electrons. The quantitative estimate of drug-likeness (QED) is 0.774. The third-order valence-electron chi connectivity index (χ3n) is 3.36. The highest BCUT2D eigenvalue weighted by molar-refractivity contribution is 7.90. The van der Waals surface area contributed by atoms with Gasteiger partial charge in [-0.1, -0.05) is 25.7 Å². The first kappa shape index (κ1) is 15.0. The van der Waals surface area contributed by atoms with Gasteiger partial charge >= 0.3 is 0 Å². The Morgan fingerprint density at radius 3 is 2.28 bits per heavy atom. The average molecular weight is 272 g/mol. The summed E-state index contributed by atoms with van der Waals surface area (Å²) in [5.74, 6) is -0.393. The van der Waals surface area contributed by atoms with Crippen LogP contribution in [0.15, 0.2) is 0 Å². The third-order valence-corrected chi connectivity index (χ3v) is 4.31. The van der Waals surface area contributed by atoms with Crippen molar-refractivity contribution in [1.82, 2.24) is 5.32 Å². The molecule has 18 heavy (non-hydrogen) atoms. The van der Waals surface area contributed by atoms with Gasteiger partial charge < -0.3 is 5.32 Å². The van der Waals surface area contributed by atoms with E-state index >= 15 is 0 Å². The van der Waals surface area contributed by atoms with E-state index in [4.69, 9.17) is 0 Å². The number of sulfone groups is 1. The molecule has 0 heterocycles. The lowest BCUT2D eigenvalue weighted by atomic mass is 9.81. The monoisotopic (exact) mass is 272 g/mol. The zero-order valence-electron chi connectivity index (χ0n) is 10.7. The van der Waals surface area contributed by atoms with E-state index in [1.165, 1.54) is 0 Å². The Morgan fingerprint density at radius 2 is 1.83 bits per heavy atom. The van der Waals surface area contributed by atoms with Crippen molar-refractivity contribution in [2.45, 2.75) is 38.5 Å². The van der Waals surface area contributed by atoms with Gasteiger partial charge in [-0.3, -0.25) is 4.79 Å². The van der Waals surface area contributed by atoms with Gasteiger partial charge in [-0.2, -0.15) is 5.26 Å². The molecule has 0 unspecified atom stereocenters. The minimum Gasteiger partial charge on any atom is -0.354 e. The zero-order valence-corrected chi connectivity index (χ0v) is 11.6. The first-order chi connectivity index (χ1) is 8.40.